The highest BCUT2D eigenvalue weighted by molar-refractivity contribution is 7.98. The van der Waals surface area contributed by atoms with Gasteiger partial charge in [-0.05, 0) is 35.9 Å². The van der Waals surface area contributed by atoms with Crippen molar-refractivity contribution >= 4 is 23.9 Å². The van der Waals surface area contributed by atoms with Gasteiger partial charge in [0.1, 0.15) is 24.0 Å². The van der Waals surface area contributed by atoms with Crippen molar-refractivity contribution in [1.29, 1.82) is 0 Å². The van der Waals surface area contributed by atoms with Gasteiger partial charge in [-0.25, -0.2) is 9.41 Å². The molecule has 0 amide bonds. The van der Waals surface area contributed by atoms with Crippen LogP contribution in [0.2, 0.25) is 0 Å². The number of aliphatic hydroxyl groups excluding tert-OH is 3. The first kappa shape index (κ1) is 14.4. The Morgan fingerprint density at radius 1 is 1.32 bits per heavy atom. The Hall–Kier alpha value is -1.19. The predicted molar refractivity (Wildman–Crippen MR) is 82.3 cm³/mol. The molecule has 1 fully saturated rings. The van der Waals surface area contributed by atoms with Crippen LogP contribution in [-0.4, -0.2) is 69.2 Å². The van der Waals surface area contributed by atoms with Crippen molar-refractivity contribution in [3.8, 4) is 0 Å². The molecule has 0 spiro atoms. The molecule has 3 N–H and O–H groups in total. The molecule has 0 radical (unpaired) electrons. The Labute approximate surface area is 131 Å². The number of nitrogens with zero attached hydrogens (tertiary/aromatic N) is 3. The molecule has 4 rings (SSSR count). The van der Waals surface area contributed by atoms with E-state index in [9.17, 15) is 15.3 Å². The van der Waals surface area contributed by atoms with Crippen LogP contribution in [0.15, 0.2) is 32.4 Å². The number of allylic oxidation sites excluding steroid dienone is 2. The highest BCUT2D eigenvalue weighted by atomic mass is 32.2. The number of hydrazone groups is 1. The second-order valence-electron chi connectivity index (χ2n) is 5.73. The Morgan fingerprint density at radius 3 is 2.95 bits per heavy atom. The smallest absolute Gasteiger partial charge is 0.179 e. The molecule has 0 unspecified atom stereocenters. The van der Waals surface area contributed by atoms with Crippen LogP contribution in [0, 0.1) is 0 Å². The minimum Gasteiger partial charge on any atom is -0.394 e. The average molecular weight is 323 g/mol. The van der Waals surface area contributed by atoms with Gasteiger partial charge >= 0.3 is 0 Å². The van der Waals surface area contributed by atoms with E-state index in [0.29, 0.717) is 0 Å². The molecule has 8 heteroatoms. The van der Waals surface area contributed by atoms with Crippen LogP contribution in [0.5, 0.6) is 0 Å². The van der Waals surface area contributed by atoms with Crippen LogP contribution < -0.4 is 0 Å². The van der Waals surface area contributed by atoms with Crippen molar-refractivity contribution < 1.29 is 20.1 Å². The minimum atomic E-state index is -1.12. The fourth-order valence-electron chi connectivity index (χ4n) is 3.27. The van der Waals surface area contributed by atoms with E-state index in [0.717, 1.165) is 35.5 Å². The van der Waals surface area contributed by atoms with Gasteiger partial charge < -0.3 is 20.1 Å². The van der Waals surface area contributed by atoms with E-state index >= 15 is 0 Å². The van der Waals surface area contributed by atoms with Crippen LogP contribution in [0.1, 0.15) is 12.8 Å². The molecule has 0 aromatic heterocycles. The molecular formula is C14H17N3O4S. The Morgan fingerprint density at radius 2 is 2.18 bits per heavy atom. The fraction of sp³-hybridized carbons (Fsp3) is 0.571. The van der Waals surface area contributed by atoms with Gasteiger partial charge in [-0.3, -0.25) is 0 Å². The lowest BCUT2D eigenvalue weighted by molar-refractivity contribution is -0.0797. The highest BCUT2D eigenvalue weighted by Crippen LogP contribution is 2.39. The largest absolute Gasteiger partial charge is 0.394 e. The van der Waals surface area contributed by atoms with E-state index in [1.54, 1.807) is 11.2 Å². The summed E-state index contributed by atoms with van der Waals surface area (Å²) in [5, 5.41) is 35.3. The standard InChI is InChI=1S/C14H17N3O4S/c18-5-10-12(19)13(20)14(21-10)17-4-7-1-2-8-6-22-15-3-9(16-17)11(7)8/h3-4,10,12-14,18-20H,1-2,5-6H2/t10-,12-,13+,14-/m1/s1. The van der Waals surface area contributed by atoms with Gasteiger partial charge in [0, 0.05) is 17.5 Å². The molecule has 22 heavy (non-hydrogen) atoms. The summed E-state index contributed by atoms with van der Waals surface area (Å²) in [6.07, 6.45) is 1.69. The number of aliphatic hydroxyl groups is 3. The first-order chi connectivity index (χ1) is 10.7. The molecule has 0 saturated carbocycles. The van der Waals surface area contributed by atoms with Crippen LogP contribution in [0.4, 0.5) is 0 Å². The van der Waals surface area contributed by atoms with Crippen molar-refractivity contribution in [2.75, 3.05) is 12.4 Å². The first-order valence-electron chi connectivity index (χ1n) is 7.27. The number of rotatable bonds is 2. The number of hydrogen-bond acceptors (Lipinski definition) is 8. The van der Waals surface area contributed by atoms with Crippen LogP contribution in [0.3, 0.4) is 0 Å². The minimum absolute atomic E-state index is 0.344. The Balaban J connectivity index is 1.68. The molecule has 1 aliphatic carbocycles. The van der Waals surface area contributed by atoms with E-state index in [1.807, 2.05) is 6.20 Å². The summed E-state index contributed by atoms with van der Waals surface area (Å²) in [4.78, 5) is 0. The molecule has 118 valence electrons. The lowest BCUT2D eigenvalue weighted by Gasteiger charge is -2.29. The van der Waals surface area contributed by atoms with Gasteiger partial charge in [0.25, 0.3) is 0 Å². The quantitative estimate of drug-likeness (QED) is 0.609. The zero-order valence-electron chi connectivity index (χ0n) is 11.8. The van der Waals surface area contributed by atoms with E-state index in [2.05, 4.69) is 9.50 Å². The maximum absolute atomic E-state index is 10.2. The summed E-state index contributed by atoms with van der Waals surface area (Å²) in [6, 6.07) is 0. The van der Waals surface area contributed by atoms with E-state index < -0.39 is 24.5 Å². The van der Waals surface area contributed by atoms with Crippen molar-refractivity contribution in [2.45, 2.75) is 37.4 Å². The maximum Gasteiger partial charge on any atom is 0.179 e. The lowest BCUT2D eigenvalue weighted by atomic mass is 10.0. The van der Waals surface area contributed by atoms with Crippen LogP contribution in [-0.2, 0) is 4.74 Å². The normalized spacial score (nSPS) is 37.1. The summed E-state index contributed by atoms with van der Waals surface area (Å²) < 4.78 is 9.82. The van der Waals surface area contributed by atoms with E-state index in [1.165, 1.54) is 17.5 Å². The molecule has 7 nitrogen and oxygen atoms in total. The van der Waals surface area contributed by atoms with Crippen LogP contribution in [0.25, 0.3) is 0 Å². The van der Waals surface area contributed by atoms with E-state index in [4.69, 9.17) is 4.74 Å². The molecule has 0 aromatic rings. The summed E-state index contributed by atoms with van der Waals surface area (Å²) in [6.45, 7) is -0.344. The second kappa shape index (κ2) is 5.47. The molecule has 0 aromatic carbocycles. The van der Waals surface area contributed by atoms with Gasteiger partial charge in [-0.2, -0.15) is 5.10 Å². The third-order valence-corrected chi connectivity index (χ3v) is 5.14. The van der Waals surface area contributed by atoms with Gasteiger partial charge in [0.05, 0.1) is 12.8 Å². The zero-order chi connectivity index (χ0) is 15.3. The van der Waals surface area contributed by atoms with Crippen LogP contribution >= 0.6 is 11.9 Å². The number of ether oxygens (including phenoxy) is 1. The van der Waals surface area contributed by atoms with Crippen molar-refractivity contribution in [2.24, 2.45) is 9.50 Å². The van der Waals surface area contributed by atoms with Gasteiger partial charge in [-0.15, -0.1) is 0 Å². The van der Waals surface area contributed by atoms with Gasteiger partial charge in [0.15, 0.2) is 6.23 Å². The molecular weight excluding hydrogens is 306 g/mol. The van der Waals surface area contributed by atoms with Gasteiger partial charge in [0.2, 0.25) is 0 Å². The molecule has 4 atom stereocenters. The van der Waals surface area contributed by atoms with Crippen molar-refractivity contribution in [1.82, 2.24) is 5.01 Å². The Kier molecular flexibility index (Phi) is 3.58. The van der Waals surface area contributed by atoms with Crippen molar-refractivity contribution in [3.05, 3.63) is 22.9 Å². The first-order valence-corrected chi connectivity index (χ1v) is 8.21. The third kappa shape index (κ3) is 2.14. The average Bonchev–Trinajstić information content (AvgIpc) is 2.97. The second-order valence-corrected chi connectivity index (χ2v) is 6.49. The summed E-state index contributed by atoms with van der Waals surface area (Å²) in [7, 11) is 0. The highest BCUT2D eigenvalue weighted by Gasteiger charge is 2.46. The predicted octanol–water partition coefficient (Wildman–Crippen LogP) is -0.196. The Bertz CT molecular complexity index is 615. The fourth-order valence-corrected chi connectivity index (χ4v) is 3.96. The molecule has 0 bridgehead atoms. The van der Waals surface area contributed by atoms with Crippen molar-refractivity contribution in [3.63, 3.8) is 0 Å². The number of hydrogen-bond donors (Lipinski definition) is 3. The molecule has 4 aliphatic rings. The summed E-state index contributed by atoms with van der Waals surface area (Å²) in [5.41, 5.74) is 4.45. The topological polar surface area (TPSA) is 97.9 Å². The molecule has 3 aliphatic heterocycles. The molecule has 3 heterocycles. The molecule has 1 saturated heterocycles. The van der Waals surface area contributed by atoms with Gasteiger partial charge in [-0.1, -0.05) is 0 Å². The third-order valence-electron chi connectivity index (χ3n) is 4.40. The zero-order valence-corrected chi connectivity index (χ0v) is 12.6. The maximum atomic E-state index is 10.2. The van der Waals surface area contributed by atoms with E-state index in [-0.39, 0.29) is 6.61 Å². The lowest BCUT2D eigenvalue weighted by Crippen LogP contribution is -2.41. The summed E-state index contributed by atoms with van der Waals surface area (Å²) in [5.74, 6) is 0.885. The summed E-state index contributed by atoms with van der Waals surface area (Å²) >= 11 is 1.51. The monoisotopic (exact) mass is 323 g/mol. The SMILES string of the molecule is OC[C@H]1O[C@@H](N2C=C3CCC4=C3C(=N2)C=NSC4)[C@@H](O)[C@@H]1O.